The molecule has 0 radical (unpaired) electrons. The molecule has 4 rings (SSSR count). The molecule has 1 fully saturated rings. The molecule has 1 aliphatic carbocycles. The van der Waals surface area contributed by atoms with E-state index < -0.39 is 0 Å². The Morgan fingerprint density at radius 2 is 2.04 bits per heavy atom. The third kappa shape index (κ3) is 2.71. The maximum absolute atomic E-state index is 12.6. The molecule has 1 aliphatic rings. The van der Waals surface area contributed by atoms with Gasteiger partial charge in [0.1, 0.15) is 0 Å². The Kier molecular flexibility index (Phi) is 4.06. The molecule has 1 aromatic carbocycles. The Hall–Kier alpha value is -2.21. The highest BCUT2D eigenvalue weighted by Crippen LogP contribution is 2.34. The van der Waals surface area contributed by atoms with Crippen molar-refractivity contribution in [2.75, 3.05) is 5.32 Å². The van der Waals surface area contributed by atoms with Crippen LogP contribution in [0, 0.1) is 6.92 Å². The van der Waals surface area contributed by atoms with Crippen LogP contribution in [0.15, 0.2) is 29.6 Å². The highest BCUT2D eigenvalue weighted by atomic mass is 32.1. The van der Waals surface area contributed by atoms with Gasteiger partial charge >= 0.3 is 0 Å². The number of amides is 1. The lowest BCUT2D eigenvalue weighted by molar-refractivity contribution is 0.102. The first kappa shape index (κ1) is 15.3. The molecule has 1 saturated carbocycles. The van der Waals surface area contributed by atoms with Crippen LogP contribution in [0.4, 0.5) is 5.95 Å². The van der Waals surface area contributed by atoms with E-state index in [0.29, 0.717) is 17.6 Å². The van der Waals surface area contributed by atoms with E-state index in [1.165, 1.54) is 30.8 Å². The number of rotatable bonds is 3. The number of anilines is 1. The van der Waals surface area contributed by atoms with Crippen molar-refractivity contribution in [1.82, 2.24) is 13.9 Å². The molecule has 5 nitrogen and oxygen atoms in total. The van der Waals surface area contributed by atoms with Crippen molar-refractivity contribution in [2.24, 2.45) is 0 Å². The van der Waals surface area contributed by atoms with Crippen LogP contribution in [0.25, 0.3) is 11.0 Å². The van der Waals surface area contributed by atoms with Gasteiger partial charge in [-0.1, -0.05) is 31.4 Å². The topological polar surface area (TPSA) is 59.8 Å². The monoisotopic (exact) mass is 340 g/mol. The number of aromatic nitrogens is 3. The lowest BCUT2D eigenvalue weighted by Crippen LogP contribution is -2.20. The van der Waals surface area contributed by atoms with E-state index in [-0.39, 0.29) is 5.91 Å². The Morgan fingerprint density at radius 1 is 1.25 bits per heavy atom. The number of nitrogens with one attached hydrogen (secondary N) is 1. The fourth-order valence-electron chi connectivity index (χ4n) is 3.52. The third-order valence-corrected chi connectivity index (χ3v) is 5.48. The van der Waals surface area contributed by atoms with E-state index in [1.807, 2.05) is 25.1 Å². The van der Waals surface area contributed by atoms with E-state index in [0.717, 1.165) is 29.6 Å². The minimum absolute atomic E-state index is 0.131. The second kappa shape index (κ2) is 6.36. The quantitative estimate of drug-likeness (QED) is 0.760. The van der Waals surface area contributed by atoms with Crippen LogP contribution >= 0.6 is 11.5 Å². The number of imidazole rings is 1. The Bertz CT molecular complexity index is 876. The predicted molar refractivity (Wildman–Crippen MR) is 96.7 cm³/mol. The molecule has 1 N–H and O–H groups in total. The summed E-state index contributed by atoms with van der Waals surface area (Å²) in [4.78, 5) is 17.3. The van der Waals surface area contributed by atoms with E-state index in [1.54, 1.807) is 5.38 Å². The smallest absolute Gasteiger partial charge is 0.260 e. The molecule has 0 unspecified atom stereocenters. The molecule has 124 valence electrons. The first-order chi connectivity index (χ1) is 11.7. The van der Waals surface area contributed by atoms with Gasteiger partial charge in [-0.15, -0.1) is 0 Å². The maximum atomic E-state index is 12.6. The van der Waals surface area contributed by atoms with Gasteiger partial charge in [-0.2, -0.15) is 4.37 Å². The average molecular weight is 340 g/mol. The van der Waals surface area contributed by atoms with Gasteiger partial charge in [-0.3, -0.25) is 10.1 Å². The normalized spacial score (nSPS) is 15.7. The van der Waals surface area contributed by atoms with Gasteiger partial charge in [-0.05, 0) is 43.4 Å². The summed E-state index contributed by atoms with van der Waals surface area (Å²) in [6.45, 7) is 1.86. The molecular weight excluding hydrogens is 320 g/mol. The van der Waals surface area contributed by atoms with Gasteiger partial charge in [0.05, 0.1) is 22.3 Å². The van der Waals surface area contributed by atoms with Gasteiger partial charge in [0, 0.05) is 11.4 Å². The summed E-state index contributed by atoms with van der Waals surface area (Å²) in [5, 5.41) is 4.81. The number of benzene rings is 1. The highest BCUT2D eigenvalue weighted by Gasteiger charge is 2.23. The summed E-state index contributed by atoms with van der Waals surface area (Å²) >= 11 is 1.30. The van der Waals surface area contributed by atoms with Gasteiger partial charge in [0.25, 0.3) is 5.91 Å². The molecule has 1 amide bonds. The molecule has 24 heavy (non-hydrogen) atoms. The van der Waals surface area contributed by atoms with Crippen molar-refractivity contribution in [2.45, 2.75) is 45.1 Å². The lowest BCUT2D eigenvalue weighted by Gasteiger charge is -2.25. The predicted octanol–water partition coefficient (Wildman–Crippen LogP) is 4.56. The van der Waals surface area contributed by atoms with Crippen molar-refractivity contribution >= 4 is 34.4 Å². The zero-order valence-corrected chi connectivity index (χ0v) is 14.5. The number of nitrogens with zero attached hydrogens (tertiary/aromatic N) is 3. The molecule has 3 aromatic rings. The summed E-state index contributed by atoms with van der Waals surface area (Å²) in [5.74, 6) is 0.521. The fraction of sp³-hybridized carbons (Fsp3) is 0.389. The van der Waals surface area contributed by atoms with Gasteiger partial charge in [-0.25, -0.2) is 4.98 Å². The molecule has 0 aliphatic heterocycles. The third-order valence-electron chi connectivity index (χ3n) is 4.76. The summed E-state index contributed by atoms with van der Waals surface area (Å²) in [7, 11) is 0. The molecule has 2 aromatic heterocycles. The van der Waals surface area contributed by atoms with Crippen LogP contribution in [0.5, 0.6) is 0 Å². The number of hydrogen-bond acceptors (Lipinski definition) is 4. The summed E-state index contributed by atoms with van der Waals surface area (Å²) < 4.78 is 6.41. The van der Waals surface area contributed by atoms with Crippen molar-refractivity contribution in [3.8, 4) is 0 Å². The molecular formula is C18H20N4OS. The van der Waals surface area contributed by atoms with Crippen LogP contribution in [0.1, 0.15) is 54.2 Å². The van der Waals surface area contributed by atoms with Crippen LogP contribution in [0.3, 0.4) is 0 Å². The Balaban J connectivity index is 1.74. The second-order valence-electron chi connectivity index (χ2n) is 6.35. The zero-order valence-electron chi connectivity index (χ0n) is 13.7. The lowest BCUT2D eigenvalue weighted by atomic mass is 9.95. The number of carbonyl (C=O) groups is 1. The van der Waals surface area contributed by atoms with Crippen LogP contribution in [0.2, 0.25) is 0 Å². The van der Waals surface area contributed by atoms with Crippen molar-refractivity contribution in [1.29, 1.82) is 0 Å². The fourth-order valence-corrected chi connectivity index (χ4v) is 4.21. The number of fused-ring (bicyclic) bond motifs is 1. The molecule has 0 bridgehead atoms. The summed E-state index contributed by atoms with van der Waals surface area (Å²) in [5.41, 5.74) is 3.42. The van der Waals surface area contributed by atoms with Crippen molar-refractivity contribution < 1.29 is 4.79 Å². The molecule has 0 saturated heterocycles. The number of hydrogen-bond donors (Lipinski definition) is 1. The summed E-state index contributed by atoms with van der Waals surface area (Å²) in [6, 6.07) is 8.51. The highest BCUT2D eigenvalue weighted by molar-refractivity contribution is 7.04. The van der Waals surface area contributed by atoms with Crippen LogP contribution in [-0.4, -0.2) is 19.8 Å². The molecule has 2 heterocycles. The van der Waals surface area contributed by atoms with Crippen molar-refractivity contribution in [3.05, 3.63) is 40.9 Å². The summed E-state index contributed by atoms with van der Waals surface area (Å²) in [6.07, 6.45) is 6.05. The van der Waals surface area contributed by atoms with Gasteiger partial charge in [0.2, 0.25) is 5.95 Å². The van der Waals surface area contributed by atoms with E-state index in [9.17, 15) is 4.79 Å². The number of carbonyl (C=O) groups excluding carboxylic acids is 1. The van der Waals surface area contributed by atoms with E-state index in [4.69, 9.17) is 0 Å². The second-order valence-corrected chi connectivity index (χ2v) is 6.98. The number of aryl methyl sites for hydroxylation is 1. The standard InChI is InChI=1S/C18H20N4OS/c1-12-14(11-24-21-12)17(23)20-18-19-15-9-5-6-10-16(15)22(18)13-7-3-2-4-8-13/h5-6,9-11,13H,2-4,7-8H2,1H3,(H,19,20,23). The SMILES string of the molecule is Cc1nscc1C(=O)Nc1nc2ccccc2n1C1CCCCC1. The Labute approximate surface area is 144 Å². The Morgan fingerprint density at radius 3 is 2.79 bits per heavy atom. The number of para-hydroxylation sites is 2. The zero-order chi connectivity index (χ0) is 16.5. The van der Waals surface area contributed by atoms with Crippen molar-refractivity contribution in [3.63, 3.8) is 0 Å². The van der Waals surface area contributed by atoms with Crippen LogP contribution in [-0.2, 0) is 0 Å². The molecule has 6 heteroatoms. The molecule has 0 spiro atoms. The average Bonchev–Trinajstić information content (AvgIpc) is 3.18. The minimum atomic E-state index is -0.131. The minimum Gasteiger partial charge on any atom is -0.307 e. The largest absolute Gasteiger partial charge is 0.307 e. The van der Waals surface area contributed by atoms with E-state index >= 15 is 0 Å². The van der Waals surface area contributed by atoms with E-state index in [2.05, 4.69) is 25.3 Å². The molecule has 0 atom stereocenters. The van der Waals surface area contributed by atoms with Gasteiger partial charge < -0.3 is 4.57 Å². The van der Waals surface area contributed by atoms with Crippen LogP contribution < -0.4 is 5.32 Å². The first-order valence-electron chi connectivity index (χ1n) is 8.43. The van der Waals surface area contributed by atoms with Gasteiger partial charge in [0.15, 0.2) is 0 Å². The maximum Gasteiger partial charge on any atom is 0.260 e. The first-order valence-corrected chi connectivity index (χ1v) is 9.27.